The normalized spacial score (nSPS) is 10.2. The van der Waals surface area contributed by atoms with Gasteiger partial charge in [0.25, 0.3) is 0 Å². The molecule has 0 radical (unpaired) electrons. The fourth-order valence-corrected chi connectivity index (χ4v) is 1.58. The van der Waals surface area contributed by atoms with E-state index in [0.717, 1.165) is 5.69 Å². The molecule has 1 aromatic heterocycles. The summed E-state index contributed by atoms with van der Waals surface area (Å²) in [5.41, 5.74) is 0.713. The molecule has 6 heteroatoms. The summed E-state index contributed by atoms with van der Waals surface area (Å²) in [6.07, 6.45) is 2.84. The number of ether oxygens (including phenoxy) is 1. The number of benzene rings is 1. The van der Waals surface area contributed by atoms with Crippen LogP contribution in [0.2, 0.25) is 5.02 Å². The lowest BCUT2D eigenvalue weighted by molar-refractivity contribution is 0.0691. The Morgan fingerprint density at radius 3 is 2.88 bits per heavy atom. The van der Waals surface area contributed by atoms with E-state index in [0.29, 0.717) is 10.8 Å². The Morgan fingerprint density at radius 2 is 2.29 bits per heavy atom. The first kappa shape index (κ1) is 11.5. The molecular weight excluding hydrogens is 244 g/mol. The third-order valence-electron chi connectivity index (χ3n) is 2.23. The second-order valence-corrected chi connectivity index (χ2v) is 3.70. The van der Waals surface area contributed by atoms with Crippen LogP contribution in [0.3, 0.4) is 0 Å². The lowest BCUT2D eigenvalue weighted by atomic mass is 10.3. The molecule has 2 rings (SSSR count). The van der Waals surface area contributed by atoms with Gasteiger partial charge in [-0.05, 0) is 12.1 Å². The van der Waals surface area contributed by atoms with Gasteiger partial charge in [0.15, 0.2) is 5.69 Å². The van der Waals surface area contributed by atoms with Crippen LogP contribution < -0.4 is 4.74 Å². The van der Waals surface area contributed by atoms with Gasteiger partial charge in [-0.2, -0.15) is 0 Å². The molecule has 17 heavy (non-hydrogen) atoms. The fraction of sp³-hybridized carbons (Fsp3) is 0.0909. The van der Waals surface area contributed by atoms with Crippen molar-refractivity contribution in [3.05, 3.63) is 41.4 Å². The third kappa shape index (κ3) is 2.24. The minimum atomic E-state index is -1.07. The number of carboxylic acid groups (broad SMARTS) is 1. The average molecular weight is 253 g/mol. The van der Waals surface area contributed by atoms with E-state index in [1.165, 1.54) is 19.6 Å². The van der Waals surface area contributed by atoms with Crippen molar-refractivity contribution in [1.82, 2.24) is 9.55 Å². The van der Waals surface area contributed by atoms with Gasteiger partial charge in [0, 0.05) is 12.3 Å². The largest absolute Gasteiger partial charge is 0.495 e. The topological polar surface area (TPSA) is 64.4 Å². The molecule has 0 aliphatic carbocycles. The maximum Gasteiger partial charge on any atom is 0.356 e. The Morgan fingerprint density at radius 1 is 1.53 bits per heavy atom. The van der Waals surface area contributed by atoms with Gasteiger partial charge in [0.2, 0.25) is 0 Å². The standard InChI is InChI=1S/C11H9ClN2O3/c1-17-10-4-7(2-3-8(10)12)14-5-9(11(15)16)13-6-14/h2-6H,1H3,(H,15,16). The van der Waals surface area contributed by atoms with Gasteiger partial charge in [-0.25, -0.2) is 9.78 Å². The summed E-state index contributed by atoms with van der Waals surface area (Å²) < 4.78 is 6.66. The highest BCUT2D eigenvalue weighted by Crippen LogP contribution is 2.26. The molecule has 5 nitrogen and oxygen atoms in total. The van der Waals surface area contributed by atoms with Crippen molar-refractivity contribution in [1.29, 1.82) is 0 Å². The highest BCUT2D eigenvalue weighted by Gasteiger charge is 2.09. The first-order valence-electron chi connectivity index (χ1n) is 4.73. The minimum absolute atomic E-state index is 0.0149. The van der Waals surface area contributed by atoms with E-state index in [1.807, 2.05) is 0 Å². The minimum Gasteiger partial charge on any atom is -0.495 e. The summed E-state index contributed by atoms with van der Waals surface area (Å²) in [7, 11) is 1.52. The quantitative estimate of drug-likeness (QED) is 0.910. The molecule has 0 atom stereocenters. The van der Waals surface area contributed by atoms with Crippen LogP contribution in [0.5, 0.6) is 5.75 Å². The van der Waals surface area contributed by atoms with Crippen LogP contribution >= 0.6 is 11.6 Å². The summed E-state index contributed by atoms with van der Waals surface area (Å²) in [5, 5.41) is 9.26. The van der Waals surface area contributed by atoms with Gasteiger partial charge >= 0.3 is 5.97 Å². The Labute approximate surface area is 102 Å². The first-order chi connectivity index (χ1) is 8.11. The Balaban J connectivity index is 2.42. The van der Waals surface area contributed by atoms with Crippen LogP contribution in [-0.2, 0) is 0 Å². The molecule has 2 aromatic rings. The van der Waals surface area contributed by atoms with E-state index in [4.69, 9.17) is 21.4 Å². The van der Waals surface area contributed by atoms with Crippen LogP contribution in [0.4, 0.5) is 0 Å². The molecule has 1 N–H and O–H groups in total. The van der Waals surface area contributed by atoms with Crippen LogP contribution in [-0.4, -0.2) is 27.7 Å². The summed E-state index contributed by atoms with van der Waals surface area (Å²) in [6.45, 7) is 0. The summed E-state index contributed by atoms with van der Waals surface area (Å²) >= 11 is 5.90. The number of halogens is 1. The Hall–Kier alpha value is -2.01. The number of carbonyl (C=O) groups is 1. The maximum absolute atomic E-state index is 10.7. The third-order valence-corrected chi connectivity index (χ3v) is 2.55. The first-order valence-corrected chi connectivity index (χ1v) is 5.11. The van der Waals surface area contributed by atoms with Crippen molar-refractivity contribution in [3.63, 3.8) is 0 Å². The smallest absolute Gasteiger partial charge is 0.356 e. The zero-order valence-corrected chi connectivity index (χ0v) is 9.68. The van der Waals surface area contributed by atoms with Crippen LogP contribution in [0.1, 0.15) is 10.5 Å². The summed E-state index contributed by atoms with van der Waals surface area (Å²) in [4.78, 5) is 14.5. The number of hydrogen-bond acceptors (Lipinski definition) is 3. The molecule has 0 unspecified atom stereocenters. The number of rotatable bonds is 3. The average Bonchev–Trinajstić information content (AvgIpc) is 2.79. The van der Waals surface area contributed by atoms with E-state index in [2.05, 4.69) is 4.98 Å². The SMILES string of the molecule is COc1cc(-n2cnc(C(=O)O)c2)ccc1Cl. The number of nitrogens with zero attached hydrogens (tertiary/aromatic N) is 2. The molecular formula is C11H9ClN2O3. The zero-order valence-electron chi connectivity index (χ0n) is 8.92. The number of aromatic carboxylic acids is 1. The predicted octanol–water partition coefficient (Wildman–Crippen LogP) is 2.23. The molecule has 0 bridgehead atoms. The Bertz CT molecular complexity index is 566. The van der Waals surface area contributed by atoms with E-state index in [-0.39, 0.29) is 5.69 Å². The van der Waals surface area contributed by atoms with E-state index >= 15 is 0 Å². The van der Waals surface area contributed by atoms with Gasteiger partial charge < -0.3 is 14.4 Å². The predicted molar refractivity (Wildman–Crippen MR) is 62.1 cm³/mol. The van der Waals surface area contributed by atoms with Gasteiger partial charge in [-0.3, -0.25) is 0 Å². The van der Waals surface area contributed by atoms with Crippen molar-refractivity contribution < 1.29 is 14.6 Å². The summed E-state index contributed by atoms with van der Waals surface area (Å²) in [6, 6.07) is 5.13. The molecule has 0 saturated carbocycles. The molecule has 0 aliphatic rings. The Kier molecular flexibility index (Phi) is 3.01. The lowest BCUT2D eigenvalue weighted by Gasteiger charge is -2.06. The number of hydrogen-bond donors (Lipinski definition) is 1. The number of carboxylic acids is 1. The van der Waals surface area contributed by atoms with Crippen molar-refractivity contribution in [2.75, 3.05) is 7.11 Å². The molecule has 0 spiro atoms. The van der Waals surface area contributed by atoms with Crippen molar-refractivity contribution in [2.24, 2.45) is 0 Å². The van der Waals surface area contributed by atoms with Crippen molar-refractivity contribution in [3.8, 4) is 11.4 Å². The number of methoxy groups -OCH3 is 1. The monoisotopic (exact) mass is 252 g/mol. The van der Waals surface area contributed by atoms with E-state index in [9.17, 15) is 4.79 Å². The van der Waals surface area contributed by atoms with Gasteiger partial charge in [0.1, 0.15) is 12.1 Å². The molecule has 1 aromatic carbocycles. The zero-order chi connectivity index (χ0) is 12.4. The second kappa shape index (κ2) is 4.47. The van der Waals surface area contributed by atoms with E-state index in [1.54, 1.807) is 22.8 Å². The van der Waals surface area contributed by atoms with Crippen LogP contribution in [0.15, 0.2) is 30.7 Å². The van der Waals surface area contributed by atoms with Crippen LogP contribution in [0.25, 0.3) is 5.69 Å². The van der Waals surface area contributed by atoms with E-state index < -0.39 is 5.97 Å². The molecule has 1 heterocycles. The maximum atomic E-state index is 10.7. The van der Waals surface area contributed by atoms with Crippen molar-refractivity contribution >= 4 is 17.6 Å². The number of aromatic nitrogens is 2. The lowest BCUT2D eigenvalue weighted by Crippen LogP contribution is -1.96. The van der Waals surface area contributed by atoms with Crippen molar-refractivity contribution in [2.45, 2.75) is 0 Å². The van der Waals surface area contributed by atoms with Gasteiger partial charge in [0.05, 0.1) is 17.8 Å². The molecule has 0 aliphatic heterocycles. The van der Waals surface area contributed by atoms with Gasteiger partial charge in [-0.1, -0.05) is 11.6 Å². The highest BCUT2D eigenvalue weighted by molar-refractivity contribution is 6.32. The highest BCUT2D eigenvalue weighted by atomic mass is 35.5. The molecule has 0 fully saturated rings. The fourth-order valence-electron chi connectivity index (χ4n) is 1.38. The van der Waals surface area contributed by atoms with Gasteiger partial charge in [-0.15, -0.1) is 0 Å². The second-order valence-electron chi connectivity index (χ2n) is 3.29. The van der Waals surface area contributed by atoms with Crippen LogP contribution in [0, 0.1) is 0 Å². The summed E-state index contributed by atoms with van der Waals surface area (Å²) in [5.74, 6) is -0.542. The molecule has 0 saturated heterocycles. The number of imidazole rings is 1. The molecule has 88 valence electrons. The molecule has 0 amide bonds.